The van der Waals surface area contributed by atoms with Gasteiger partial charge in [-0.25, -0.2) is 0 Å². The van der Waals surface area contributed by atoms with Gasteiger partial charge in [0.25, 0.3) is 5.91 Å². The van der Waals surface area contributed by atoms with Crippen molar-refractivity contribution in [1.29, 1.82) is 0 Å². The monoisotopic (exact) mass is 262 g/mol. The van der Waals surface area contributed by atoms with E-state index >= 15 is 0 Å². The molecule has 19 heavy (non-hydrogen) atoms. The largest absolute Gasteiger partial charge is 0.372 e. The van der Waals surface area contributed by atoms with Crippen molar-refractivity contribution in [2.75, 3.05) is 18.1 Å². The van der Waals surface area contributed by atoms with Crippen molar-refractivity contribution in [3.63, 3.8) is 0 Å². The summed E-state index contributed by atoms with van der Waals surface area (Å²) in [5.74, 6) is 0.0523. The minimum Gasteiger partial charge on any atom is -0.372 e. The van der Waals surface area contributed by atoms with E-state index in [0.717, 1.165) is 30.5 Å². The topological polar surface area (TPSA) is 55.6 Å². The number of benzene rings is 1. The van der Waals surface area contributed by atoms with Gasteiger partial charge in [0.2, 0.25) is 0 Å². The highest BCUT2D eigenvalue weighted by Crippen LogP contribution is 2.31. The SMILES string of the molecule is CCCOCC(=O)N(c1ccc(CN)cc1)C1CC1. The van der Waals surface area contributed by atoms with Crippen LogP contribution in [0.2, 0.25) is 0 Å². The number of carbonyl (C=O) groups is 1. The molecule has 0 heterocycles. The van der Waals surface area contributed by atoms with Crippen molar-refractivity contribution in [2.45, 2.75) is 38.8 Å². The quantitative estimate of drug-likeness (QED) is 0.765. The van der Waals surface area contributed by atoms with Crippen LogP contribution < -0.4 is 10.6 Å². The Hall–Kier alpha value is -1.39. The van der Waals surface area contributed by atoms with Gasteiger partial charge in [-0.3, -0.25) is 4.79 Å². The third kappa shape index (κ3) is 3.78. The van der Waals surface area contributed by atoms with Gasteiger partial charge in [-0.15, -0.1) is 0 Å². The Morgan fingerprint density at radius 2 is 2.05 bits per heavy atom. The van der Waals surface area contributed by atoms with Gasteiger partial charge in [0.1, 0.15) is 6.61 Å². The normalized spacial score (nSPS) is 14.4. The van der Waals surface area contributed by atoms with Crippen LogP contribution in [-0.2, 0) is 16.1 Å². The van der Waals surface area contributed by atoms with Crippen molar-refractivity contribution in [2.24, 2.45) is 5.73 Å². The van der Waals surface area contributed by atoms with Crippen molar-refractivity contribution in [3.8, 4) is 0 Å². The van der Waals surface area contributed by atoms with Crippen LogP contribution in [0.3, 0.4) is 0 Å². The third-order valence-corrected chi connectivity index (χ3v) is 3.20. The Labute approximate surface area is 114 Å². The first kappa shape index (κ1) is 14.0. The van der Waals surface area contributed by atoms with E-state index in [1.165, 1.54) is 0 Å². The van der Waals surface area contributed by atoms with E-state index in [1.54, 1.807) is 0 Å². The molecule has 0 spiro atoms. The first-order valence-corrected chi connectivity index (χ1v) is 6.95. The summed E-state index contributed by atoms with van der Waals surface area (Å²) in [5, 5.41) is 0. The van der Waals surface area contributed by atoms with Crippen LogP contribution in [0, 0.1) is 0 Å². The molecule has 0 aromatic heterocycles. The molecule has 1 aliphatic rings. The molecule has 0 atom stereocenters. The zero-order valence-corrected chi connectivity index (χ0v) is 11.5. The lowest BCUT2D eigenvalue weighted by molar-refractivity contribution is -0.123. The minimum absolute atomic E-state index is 0.0523. The highest BCUT2D eigenvalue weighted by Gasteiger charge is 2.33. The van der Waals surface area contributed by atoms with Crippen LogP contribution in [0.4, 0.5) is 5.69 Å². The first-order valence-electron chi connectivity index (χ1n) is 6.95. The minimum atomic E-state index is 0.0523. The number of hydrogen-bond donors (Lipinski definition) is 1. The van der Waals surface area contributed by atoms with Gasteiger partial charge in [0.15, 0.2) is 0 Å². The van der Waals surface area contributed by atoms with Gasteiger partial charge in [0.05, 0.1) is 0 Å². The van der Waals surface area contributed by atoms with Crippen molar-refractivity contribution in [1.82, 2.24) is 0 Å². The van der Waals surface area contributed by atoms with Crippen LogP contribution in [0.5, 0.6) is 0 Å². The number of amides is 1. The lowest BCUT2D eigenvalue weighted by Crippen LogP contribution is -2.36. The molecule has 1 aromatic rings. The van der Waals surface area contributed by atoms with E-state index < -0.39 is 0 Å². The lowest BCUT2D eigenvalue weighted by Gasteiger charge is -2.22. The predicted molar refractivity (Wildman–Crippen MR) is 76.0 cm³/mol. The number of carbonyl (C=O) groups excluding carboxylic acids is 1. The molecule has 0 bridgehead atoms. The first-order chi connectivity index (χ1) is 9.26. The highest BCUT2D eigenvalue weighted by molar-refractivity contribution is 5.95. The zero-order valence-electron chi connectivity index (χ0n) is 11.5. The third-order valence-electron chi connectivity index (χ3n) is 3.20. The Morgan fingerprint density at radius 3 is 2.58 bits per heavy atom. The fraction of sp³-hybridized carbons (Fsp3) is 0.533. The predicted octanol–water partition coefficient (Wildman–Crippen LogP) is 2.07. The smallest absolute Gasteiger partial charge is 0.253 e. The van der Waals surface area contributed by atoms with Gasteiger partial charge in [-0.05, 0) is 37.0 Å². The van der Waals surface area contributed by atoms with Crippen LogP contribution in [-0.4, -0.2) is 25.2 Å². The van der Waals surface area contributed by atoms with Gasteiger partial charge in [0, 0.05) is 24.9 Å². The fourth-order valence-electron chi connectivity index (χ4n) is 2.06. The molecular formula is C15H22N2O2. The molecule has 1 amide bonds. The van der Waals surface area contributed by atoms with Crippen molar-refractivity contribution < 1.29 is 9.53 Å². The zero-order chi connectivity index (χ0) is 13.7. The summed E-state index contributed by atoms with van der Waals surface area (Å²) in [5.41, 5.74) is 7.62. The van der Waals surface area contributed by atoms with Crippen LogP contribution in [0.1, 0.15) is 31.7 Å². The molecular weight excluding hydrogens is 240 g/mol. The molecule has 0 saturated heterocycles. The van der Waals surface area contributed by atoms with E-state index in [9.17, 15) is 4.79 Å². The molecule has 4 heteroatoms. The van der Waals surface area contributed by atoms with Crippen LogP contribution in [0.25, 0.3) is 0 Å². The standard InChI is InChI=1S/C15H22N2O2/c1-2-9-19-11-15(18)17(14-7-8-14)13-5-3-12(10-16)4-6-13/h3-6,14H,2,7-11,16H2,1H3. The maximum atomic E-state index is 12.2. The fourth-order valence-corrected chi connectivity index (χ4v) is 2.06. The van der Waals surface area contributed by atoms with E-state index in [1.807, 2.05) is 36.1 Å². The van der Waals surface area contributed by atoms with Gasteiger partial charge < -0.3 is 15.4 Å². The summed E-state index contributed by atoms with van der Waals surface area (Å²) in [7, 11) is 0. The molecule has 1 aromatic carbocycles. The van der Waals surface area contributed by atoms with Gasteiger partial charge in [-0.2, -0.15) is 0 Å². The lowest BCUT2D eigenvalue weighted by atomic mass is 10.2. The Morgan fingerprint density at radius 1 is 1.37 bits per heavy atom. The van der Waals surface area contributed by atoms with E-state index in [-0.39, 0.29) is 12.5 Å². The number of nitrogens with zero attached hydrogens (tertiary/aromatic N) is 1. The van der Waals surface area contributed by atoms with Gasteiger partial charge in [-0.1, -0.05) is 19.1 Å². The second-order valence-corrected chi connectivity index (χ2v) is 4.92. The van der Waals surface area contributed by atoms with Crippen LogP contribution in [0.15, 0.2) is 24.3 Å². The molecule has 0 unspecified atom stereocenters. The second-order valence-electron chi connectivity index (χ2n) is 4.92. The molecule has 1 saturated carbocycles. The van der Waals surface area contributed by atoms with E-state index in [4.69, 9.17) is 10.5 Å². The van der Waals surface area contributed by atoms with E-state index in [0.29, 0.717) is 19.2 Å². The number of rotatable bonds is 7. The number of nitrogens with two attached hydrogens (primary N) is 1. The summed E-state index contributed by atoms with van der Waals surface area (Å²) in [6.07, 6.45) is 3.10. The van der Waals surface area contributed by atoms with Crippen molar-refractivity contribution >= 4 is 11.6 Å². The molecule has 1 aliphatic carbocycles. The molecule has 104 valence electrons. The molecule has 1 fully saturated rings. The Kier molecular flexibility index (Phi) is 4.93. The maximum absolute atomic E-state index is 12.2. The average Bonchev–Trinajstić information content (AvgIpc) is 3.25. The molecule has 2 N–H and O–H groups in total. The summed E-state index contributed by atoms with van der Waals surface area (Å²) in [6, 6.07) is 8.24. The number of ether oxygens (including phenoxy) is 1. The molecule has 0 radical (unpaired) electrons. The van der Waals surface area contributed by atoms with Crippen molar-refractivity contribution in [3.05, 3.63) is 29.8 Å². The summed E-state index contributed by atoms with van der Waals surface area (Å²) in [6.45, 7) is 3.37. The van der Waals surface area contributed by atoms with Crippen LogP contribution >= 0.6 is 0 Å². The molecule has 2 rings (SSSR count). The Balaban J connectivity index is 2.04. The number of hydrogen-bond acceptors (Lipinski definition) is 3. The Bertz CT molecular complexity index is 413. The number of anilines is 1. The summed E-state index contributed by atoms with van der Waals surface area (Å²) in [4.78, 5) is 14.1. The van der Waals surface area contributed by atoms with Gasteiger partial charge >= 0.3 is 0 Å². The molecule has 4 nitrogen and oxygen atoms in total. The highest BCUT2D eigenvalue weighted by atomic mass is 16.5. The maximum Gasteiger partial charge on any atom is 0.253 e. The summed E-state index contributed by atoms with van der Waals surface area (Å²) >= 11 is 0. The summed E-state index contributed by atoms with van der Waals surface area (Å²) < 4.78 is 5.36. The average molecular weight is 262 g/mol. The molecule has 0 aliphatic heterocycles. The second kappa shape index (κ2) is 6.68. The van der Waals surface area contributed by atoms with E-state index in [2.05, 4.69) is 0 Å².